The van der Waals surface area contributed by atoms with Crippen LogP contribution in [-0.4, -0.2) is 29.3 Å². The highest BCUT2D eigenvalue weighted by Gasteiger charge is 2.15. The number of rotatable bonds is 8. The third-order valence-electron chi connectivity index (χ3n) is 3.81. The second-order valence-electron chi connectivity index (χ2n) is 6.38. The van der Waals surface area contributed by atoms with Crippen LogP contribution in [-0.2, 0) is 10.5 Å². The van der Waals surface area contributed by atoms with Crippen molar-refractivity contribution in [3.05, 3.63) is 70.7 Å². The summed E-state index contributed by atoms with van der Waals surface area (Å²) in [5.74, 6) is 1.66. The lowest BCUT2D eigenvalue weighted by Crippen LogP contribution is -2.13. The van der Waals surface area contributed by atoms with Crippen LogP contribution >= 0.6 is 11.8 Å². The number of ether oxygens (including phenoxy) is 2. The number of benzene rings is 1. The molecule has 0 atom stereocenters. The van der Waals surface area contributed by atoms with Crippen LogP contribution in [0.25, 0.3) is 0 Å². The van der Waals surface area contributed by atoms with Crippen LogP contribution < -0.4 is 4.74 Å². The molecule has 2 heterocycles. The van der Waals surface area contributed by atoms with Gasteiger partial charge in [0.15, 0.2) is 0 Å². The van der Waals surface area contributed by atoms with Crippen LogP contribution in [0.2, 0.25) is 0 Å². The predicted molar refractivity (Wildman–Crippen MR) is 107 cm³/mol. The highest BCUT2D eigenvalue weighted by atomic mass is 32.2. The lowest BCUT2D eigenvalue weighted by molar-refractivity contribution is 0.0445. The minimum absolute atomic E-state index is 0.160. The molecule has 0 aliphatic heterocycles. The summed E-state index contributed by atoms with van der Waals surface area (Å²) in [5, 5.41) is 4.55. The van der Waals surface area contributed by atoms with E-state index in [-0.39, 0.29) is 13.2 Å². The van der Waals surface area contributed by atoms with E-state index in [1.54, 1.807) is 18.3 Å². The number of aromatic nitrogens is 2. The van der Waals surface area contributed by atoms with Gasteiger partial charge < -0.3 is 14.0 Å². The van der Waals surface area contributed by atoms with Crippen LogP contribution in [0.1, 0.15) is 32.9 Å². The first-order chi connectivity index (χ1) is 13.5. The first-order valence-electron chi connectivity index (χ1n) is 8.89. The van der Waals surface area contributed by atoms with Crippen molar-refractivity contribution >= 4 is 17.7 Å². The Morgan fingerprint density at radius 1 is 1.11 bits per heavy atom. The lowest BCUT2D eigenvalue weighted by atomic mass is 10.1. The summed E-state index contributed by atoms with van der Waals surface area (Å²) in [4.78, 5) is 16.7. The maximum Gasteiger partial charge on any atom is 0.341 e. The topological polar surface area (TPSA) is 74.5 Å². The van der Waals surface area contributed by atoms with Gasteiger partial charge in [-0.05, 0) is 56.2 Å². The maximum absolute atomic E-state index is 12.4. The Balaban J connectivity index is 1.52. The number of esters is 1. The Kier molecular flexibility index (Phi) is 6.71. The molecule has 0 saturated carbocycles. The zero-order chi connectivity index (χ0) is 19.9. The Hall–Kier alpha value is -2.80. The molecule has 6 nitrogen and oxygen atoms in total. The standard InChI is InChI=1S/C21H22N2O4S/c1-14-9-15(2)11-18(10-14)25-7-8-26-21(24)19-5-4-6-22-20(19)28-13-17-12-16(3)27-23-17/h4-6,9-12H,7-8,13H2,1-3H3. The van der Waals surface area contributed by atoms with E-state index in [0.29, 0.717) is 16.3 Å². The van der Waals surface area contributed by atoms with Gasteiger partial charge in [-0.1, -0.05) is 23.0 Å². The number of carbonyl (C=O) groups is 1. The minimum atomic E-state index is -0.420. The average Bonchev–Trinajstić information content (AvgIpc) is 3.08. The summed E-state index contributed by atoms with van der Waals surface area (Å²) < 4.78 is 16.1. The number of aryl methyl sites for hydroxylation is 3. The molecule has 1 aromatic carbocycles. The van der Waals surface area contributed by atoms with Crippen molar-refractivity contribution in [2.24, 2.45) is 0 Å². The highest BCUT2D eigenvalue weighted by molar-refractivity contribution is 7.98. The van der Waals surface area contributed by atoms with Crippen LogP contribution in [0, 0.1) is 20.8 Å². The lowest BCUT2D eigenvalue weighted by Gasteiger charge is -2.10. The molecule has 0 unspecified atom stereocenters. The molecule has 146 valence electrons. The van der Waals surface area contributed by atoms with Crippen molar-refractivity contribution in [3.8, 4) is 5.75 Å². The fourth-order valence-corrected chi connectivity index (χ4v) is 3.54. The van der Waals surface area contributed by atoms with Crippen molar-refractivity contribution in [2.45, 2.75) is 31.6 Å². The second kappa shape index (κ2) is 9.41. The SMILES string of the molecule is Cc1cc(C)cc(OCCOC(=O)c2cccnc2SCc2cc(C)on2)c1. The molecule has 3 aromatic rings. The largest absolute Gasteiger partial charge is 0.490 e. The number of hydrogen-bond acceptors (Lipinski definition) is 7. The van der Waals surface area contributed by atoms with Crippen LogP contribution in [0.5, 0.6) is 5.75 Å². The maximum atomic E-state index is 12.4. The normalized spacial score (nSPS) is 10.7. The Morgan fingerprint density at radius 3 is 2.61 bits per heavy atom. The molecule has 28 heavy (non-hydrogen) atoms. The smallest absolute Gasteiger partial charge is 0.341 e. The summed E-state index contributed by atoms with van der Waals surface area (Å²) in [5.41, 5.74) is 3.49. The molecule has 0 saturated heterocycles. The quantitative estimate of drug-likeness (QED) is 0.314. The Labute approximate surface area is 168 Å². The summed E-state index contributed by atoms with van der Waals surface area (Å²) in [6.45, 7) is 6.32. The molecule has 0 N–H and O–H groups in total. The Bertz CT molecular complexity index is 935. The first-order valence-corrected chi connectivity index (χ1v) is 9.88. The van der Waals surface area contributed by atoms with Gasteiger partial charge in [0.1, 0.15) is 29.7 Å². The van der Waals surface area contributed by atoms with Crippen LogP contribution in [0.15, 0.2) is 52.1 Å². The van der Waals surface area contributed by atoms with E-state index < -0.39 is 5.97 Å². The molecule has 0 aliphatic rings. The number of carbonyl (C=O) groups excluding carboxylic acids is 1. The monoisotopic (exact) mass is 398 g/mol. The van der Waals surface area contributed by atoms with Gasteiger partial charge >= 0.3 is 5.97 Å². The molecule has 0 radical (unpaired) electrons. The summed E-state index contributed by atoms with van der Waals surface area (Å²) >= 11 is 1.42. The van der Waals surface area contributed by atoms with Crippen LogP contribution in [0.4, 0.5) is 0 Å². The highest BCUT2D eigenvalue weighted by Crippen LogP contribution is 2.24. The number of nitrogens with zero attached hydrogens (tertiary/aromatic N) is 2. The van der Waals surface area contributed by atoms with Crippen molar-refractivity contribution in [1.82, 2.24) is 10.1 Å². The molecule has 2 aromatic heterocycles. The van der Waals surface area contributed by atoms with E-state index in [2.05, 4.69) is 16.2 Å². The predicted octanol–water partition coefficient (Wildman–Crippen LogP) is 4.52. The first kappa shape index (κ1) is 19.9. The number of hydrogen-bond donors (Lipinski definition) is 0. The summed E-state index contributed by atoms with van der Waals surface area (Å²) in [6.07, 6.45) is 1.65. The summed E-state index contributed by atoms with van der Waals surface area (Å²) in [7, 11) is 0. The van der Waals surface area contributed by atoms with Gasteiger partial charge in [-0.2, -0.15) is 0 Å². The van der Waals surface area contributed by atoms with Crippen molar-refractivity contribution in [3.63, 3.8) is 0 Å². The molecule has 0 aliphatic carbocycles. The number of thioether (sulfide) groups is 1. The van der Waals surface area contributed by atoms with E-state index in [1.807, 2.05) is 39.0 Å². The van der Waals surface area contributed by atoms with E-state index in [0.717, 1.165) is 28.3 Å². The average molecular weight is 398 g/mol. The molecule has 3 rings (SSSR count). The molecule has 0 spiro atoms. The molecule has 0 fully saturated rings. The van der Waals surface area contributed by atoms with Crippen molar-refractivity contribution in [2.75, 3.05) is 13.2 Å². The second-order valence-corrected chi connectivity index (χ2v) is 7.35. The van der Waals surface area contributed by atoms with Gasteiger partial charge in [-0.3, -0.25) is 0 Å². The zero-order valence-electron chi connectivity index (χ0n) is 16.1. The molecular formula is C21H22N2O4S. The van der Waals surface area contributed by atoms with Crippen molar-refractivity contribution < 1.29 is 18.8 Å². The molecule has 7 heteroatoms. The fourth-order valence-electron chi connectivity index (χ4n) is 2.68. The van der Waals surface area contributed by atoms with E-state index >= 15 is 0 Å². The van der Waals surface area contributed by atoms with Gasteiger partial charge in [0.25, 0.3) is 0 Å². The van der Waals surface area contributed by atoms with Gasteiger partial charge in [-0.15, -0.1) is 0 Å². The van der Waals surface area contributed by atoms with Gasteiger partial charge in [0.05, 0.1) is 11.3 Å². The molecular weight excluding hydrogens is 376 g/mol. The third kappa shape index (κ3) is 5.60. The van der Waals surface area contributed by atoms with Crippen LogP contribution in [0.3, 0.4) is 0 Å². The molecule has 0 bridgehead atoms. The Morgan fingerprint density at radius 2 is 1.89 bits per heavy atom. The summed E-state index contributed by atoms with van der Waals surface area (Å²) in [6, 6.07) is 11.3. The third-order valence-corrected chi connectivity index (χ3v) is 4.84. The van der Waals surface area contributed by atoms with E-state index in [1.165, 1.54) is 11.8 Å². The van der Waals surface area contributed by atoms with Crippen molar-refractivity contribution in [1.29, 1.82) is 0 Å². The fraction of sp³-hybridized carbons (Fsp3) is 0.286. The number of pyridine rings is 1. The van der Waals surface area contributed by atoms with Gasteiger partial charge in [0, 0.05) is 18.0 Å². The van der Waals surface area contributed by atoms with Gasteiger partial charge in [-0.25, -0.2) is 9.78 Å². The van der Waals surface area contributed by atoms with Gasteiger partial charge in [0.2, 0.25) is 0 Å². The van der Waals surface area contributed by atoms with E-state index in [4.69, 9.17) is 14.0 Å². The zero-order valence-corrected chi connectivity index (χ0v) is 16.9. The minimum Gasteiger partial charge on any atom is -0.490 e. The van der Waals surface area contributed by atoms with E-state index in [9.17, 15) is 4.79 Å². The molecule has 0 amide bonds.